The van der Waals surface area contributed by atoms with Crippen molar-refractivity contribution in [1.29, 1.82) is 0 Å². The second-order valence-corrected chi connectivity index (χ2v) is 4.89. The van der Waals surface area contributed by atoms with Gasteiger partial charge in [-0.2, -0.15) is 0 Å². The molecule has 5 heteroatoms. The van der Waals surface area contributed by atoms with Gasteiger partial charge in [-0.3, -0.25) is 0 Å². The molecule has 1 fully saturated rings. The SMILES string of the molecule is Clc1cc(N2CCNCC2)c(-c2ccccc2)nn1. The van der Waals surface area contributed by atoms with Crippen LogP contribution in [0.3, 0.4) is 0 Å². The van der Waals surface area contributed by atoms with Crippen LogP contribution in [-0.4, -0.2) is 36.4 Å². The van der Waals surface area contributed by atoms with Gasteiger partial charge in [0.05, 0.1) is 5.69 Å². The third-order valence-electron chi connectivity index (χ3n) is 3.25. The number of aromatic nitrogens is 2. The van der Waals surface area contributed by atoms with Crippen molar-refractivity contribution in [2.75, 3.05) is 31.1 Å². The first-order chi connectivity index (χ1) is 9.34. The van der Waals surface area contributed by atoms with Gasteiger partial charge in [0, 0.05) is 37.8 Å². The van der Waals surface area contributed by atoms with Gasteiger partial charge in [0.15, 0.2) is 5.15 Å². The van der Waals surface area contributed by atoms with Crippen molar-refractivity contribution in [2.24, 2.45) is 0 Å². The summed E-state index contributed by atoms with van der Waals surface area (Å²) in [5.74, 6) is 0. The van der Waals surface area contributed by atoms with E-state index in [-0.39, 0.29) is 0 Å². The maximum absolute atomic E-state index is 6.01. The first kappa shape index (κ1) is 12.4. The number of hydrogen-bond acceptors (Lipinski definition) is 4. The minimum atomic E-state index is 0.438. The van der Waals surface area contributed by atoms with Gasteiger partial charge >= 0.3 is 0 Å². The molecular weight excluding hydrogens is 260 g/mol. The molecule has 1 aromatic carbocycles. The quantitative estimate of drug-likeness (QED) is 0.912. The fourth-order valence-corrected chi connectivity index (χ4v) is 2.45. The molecule has 0 atom stereocenters. The molecule has 1 N–H and O–H groups in total. The monoisotopic (exact) mass is 274 g/mol. The largest absolute Gasteiger partial charge is 0.367 e. The van der Waals surface area contributed by atoms with Crippen molar-refractivity contribution >= 4 is 17.3 Å². The Hall–Kier alpha value is -1.65. The zero-order chi connectivity index (χ0) is 13.1. The van der Waals surface area contributed by atoms with Crippen LogP contribution in [0.2, 0.25) is 5.15 Å². The van der Waals surface area contributed by atoms with E-state index in [2.05, 4.69) is 20.4 Å². The van der Waals surface area contributed by atoms with Crippen molar-refractivity contribution in [1.82, 2.24) is 15.5 Å². The van der Waals surface area contributed by atoms with Crippen molar-refractivity contribution in [3.05, 3.63) is 41.6 Å². The van der Waals surface area contributed by atoms with Crippen molar-refractivity contribution in [2.45, 2.75) is 0 Å². The van der Waals surface area contributed by atoms with Crippen molar-refractivity contribution < 1.29 is 0 Å². The van der Waals surface area contributed by atoms with E-state index in [1.165, 1.54) is 0 Å². The van der Waals surface area contributed by atoms with Crippen LogP contribution < -0.4 is 10.2 Å². The summed E-state index contributed by atoms with van der Waals surface area (Å²) in [5.41, 5.74) is 3.03. The number of halogens is 1. The maximum atomic E-state index is 6.01. The van der Waals surface area contributed by atoms with Crippen LogP contribution in [0.1, 0.15) is 0 Å². The topological polar surface area (TPSA) is 41.0 Å². The Morgan fingerprint density at radius 2 is 1.79 bits per heavy atom. The zero-order valence-corrected chi connectivity index (χ0v) is 11.3. The Kier molecular flexibility index (Phi) is 3.62. The highest BCUT2D eigenvalue weighted by molar-refractivity contribution is 6.29. The third kappa shape index (κ3) is 2.69. The summed E-state index contributed by atoms with van der Waals surface area (Å²) in [6.45, 7) is 3.88. The van der Waals surface area contributed by atoms with Crippen LogP contribution >= 0.6 is 11.6 Å². The summed E-state index contributed by atoms with van der Waals surface area (Å²) in [5, 5.41) is 12.0. The first-order valence-corrected chi connectivity index (χ1v) is 6.77. The maximum Gasteiger partial charge on any atom is 0.153 e. The Morgan fingerprint density at radius 3 is 2.53 bits per heavy atom. The minimum Gasteiger partial charge on any atom is -0.367 e. The van der Waals surface area contributed by atoms with Gasteiger partial charge in [-0.15, -0.1) is 10.2 Å². The fraction of sp³-hybridized carbons (Fsp3) is 0.286. The van der Waals surface area contributed by atoms with Gasteiger partial charge in [0.1, 0.15) is 5.69 Å². The number of hydrogen-bond donors (Lipinski definition) is 1. The van der Waals surface area contributed by atoms with Gasteiger partial charge in [-0.05, 0) is 0 Å². The molecule has 0 unspecified atom stereocenters. The average molecular weight is 275 g/mol. The van der Waals surface area contributed by atoms with E-state index in [1.807, 2.05) is 36.4 Å². The van der Waals surface area contributed by atoms with Gasteiger partial charge in [0.25, 0.3) is 0 Å². The molecule has 1 saturated heterocycles. The Bertz CT molecular complexity index is 553. The van der Waals surface area contributed by atoms with Crippen LogP contribution in [0.5, 0.6) is 0 Å². The van der Waals surface area contributed by atoms with Gasteiger partial charge in [-0.1, -0.05) is 41.9 Å². The predicted octanol–water partition coefficient (Wildman–Crippen LogP) is 2.21. The molecule has 0 aliphatic carbocycles. The lowest BCUT2D eigenvalue weighted by Crippen LogP contribution is -2.43. The summed E-state index contributed by atoms with van der Waals surface area (Å²) in [4.78, 5) is 2.30. The number of piperazine rings is 1. The Morgan fingerprint density at radius 1 is 1.05 bits per heavy atom. The van der Waals surface area contributed by atoms with E-state index in [1.54, 1.807) is 0 Å². The van der Waals surface area contributed by atoms with Crippen LogP contribution in [0.4, 0.5) is 5.69 Å². The molecule has 0 amide bonds. The summed E-state index contributed by atoms with van der Waals surface area (Å²) >= 11 is 6.01. The molecule has 1 aliphatic rings. The Labute approximate surface area is 117 Å². The highest BCUT2D eigenvalue weighted by Gasteiger charge is 2.17. The standard InChI is InChI=1S/C14H15ClN4/c15-13-10-12(19-8-6-16-7-9-19)14(18-17-13)11-4-2-1-3-5-11/h1-5,10,16H,6-9H2. The highest BCUT2D eigenvalue weighted by atomic mass is 35.5. The van der Waals surface area contributed by atoms with Crippen LogP contribution in [-0.2, 0) is 0 Å². The number of nitrogens with zero attached hydrogens (tertiary/aromatic N) is 3. The van der Waals surface area contributed by atoms with Crippen molar-refractivity contribution in [3.63, 3.8) is 0 Å². The molecule has 2 aromatic rings. The van der Waals surface area contributed by atoms with Crippen LogP contribution in [0, 0.1) is 0 Å². The lowest BCUT2D eigenvalue weighted by Gasteiger charge is -2.30. The van der Waals surface area contributed by atoms with Gasteiger partial charge in [0.2, 0.25) is 0 Å². The lowest BCUT2D eigenvalue weighted by atomic mass is 10.1. The molecule has 4 nitrogen and oxygen atoms in total. The number of rotatable bonds is 2. The zero-order valence-electron chi connectivity index (χ0n) is 10.5. The molecule has 0 saturated carbocycles. The molecule has 0 bridgehead atoms. The number of nitrogens with one attached hydrogen (secondary N) is 1. The first-order valence-electron chi connectivity index (χ1n) is 6.39. The molecule has 0 spiro atoms. The number of anilines is 1. The normalized spacial score (nSPS) is 15.5. The molecule has 3 rings (SSSR count). The molecule has 1 aliphatic heterocycles. The molecule has 0 radical (unpaired) electrons. The van der Waals surface area contributed by atoms with E-state index in [4.69, 9.17) is 11.6 Å². The summed E-state index contributed by atoms with van der Waals surface area (Å²) < 4.78 is 0. The van der Waals surface area contributed by atoms with E-state index in [9.17, 15) is 0 Å². The predicted molar refractivity (Wildman–Crippen MR) is 77.6 cm³/mol. The highest BCUT2D eigenvalue weighted by Crippen LogP contribution is 2.30. The summed E-state index contributed by atoms with van der Waals surface area (Å²) in [6, 6.07) is 12.0. The molecule has 1 aromatic heterocycles. The minimum absolute atomic E-state index is 0.438. The van der Waals surface area contributed by atoms with Crippen LogP contribution in [0.15, 0.2) is 36.4 Å². The average Bonchev–Trinajstić information content (AvgIpc) is 2.49. The fourth-order valence-electron chi connectivity index (χ4n) is 2.31. The molecular formula is C14H15ClN4. The van der Waals surface area contributed by atoms with Crippen molar-refractivity contribution in [3.8, 4) is 11.3 Å². The van der Waals surface area contributed by atoms with E-state index >= 15 is 0 Å². The molecule has 98 valence electrons. The molecule has 2 heterocycles. The van der Waals surface area contributed by atoms with Crippen LogP contribution in [0.25, 0.3) is 11.3 Å². The van der Waals surface area contributed by atoms with E-state index in [0.717, 1.165) is 43.1 Å². The Balaban J connectivity index is 2.04. The second-order valence-electron chi connectivity index (χ2n) is 4.50. The van der Waals surface area contributed by atoms with E-state index in [0.29, 0.717) is 5.15 Å². The van der Waals surface area contributed by atoms with E-state index < -0.39 is 0 Å². The lowest BCUT2D eigenvalue weighted by molar-refractivity contribution is 0.588. The third-order valence-corrected chi connectivity index (χ3v) is 3.43. The second kappa shape index (κ2) is 5.55. The van der Waals surface area contributed by atoms with Gasteiger partial charge in [-0.25, -0.2) is 0 Å². The number of benzene rings is 1. The smallest absolute Gasteiger partial charge is 0.153 e. The van der Waals surface area contributed by atoms with Gasteiger partial charge < -0.3 is 10.2 Å². The molecule has 19 heavy (non-hydrogen) atoms. The summed E-state index contributed by atoms with van der Waals surface area (Å²) in [6.07, 6.45) is 0. The summed E-state index contributed by atoms with van der Waals surface area (Å²) in [7, 11) is 0.